The molecule has 0 amide bonds. The van der Waals surface area contributed by atoms with E-state index in [9.17, 15) is 4.79 Å². The van der Waals surface area contributed by atoms with E-state index < -0.39 is 0 Å². The smallest absolute Gasteiger partial charge is 0.201 e. The molecule has 1 aliphatic rings. The Morgan fingerprint density at radius 3 is 2.88 bits per heavy atom. The summed E-state index contributed by atoms with van der Waals surface area (Å²) in [4.78, 5) is 12.3. The Bertz CT molecular complexity index is 403. The largest absolute Gasteiger partial charge is 0.456 e. The van der Waals surface area contributed by atoms with Gasteiger partial charge in [0, 0.05) is 13.0 Å². The van der Waals surface area contributed by atoms with Crippen molar-refractivity contribution in [1.29, 1.82) is 0 Å². The van der Waals surface area contributed by atoms with Crippen molar-refractivity contribution in [3.8, 4) is 0 Å². The third kappa shape index (κ3) is 2.44. The molecule has 17 heavy (non-hydrogen) atoms. The first-order valence-electron chi connectivity index (χ1n) is 6.16. The molecule has 1 aliphatic carbocycles. The van der Waals surface area contributed by atoms with Gasteiger partial charge in [0.15, 0.2) is 5.76 Å². The van der Waals surface area contributed by atoms with E-state index >= 15 is 0 Å². The number of ketones is 1. The van der Waals surface area contributed by atoms with Gasteiger partial charge in [-0.05, 0) is 30.4 Å². The summed E-state index contributed by atoms with van der Waals surface area (Å²) in [7, 11) is 1.62. The maximum Gasteiger partial charge on any atom is 0.201 e. The minimum Gasteiger partial charge on any atom is -0.456 e. The number of carbonyl (C=O) groups is 1. The molecule has 0 spiro atoms. The minimum atomic E-state index is 0.101. The maximum atomic E-state index is 12.3. The summed E-state index contributed by atoms with van der Waals surface area (Å²) in [5.74, 6) is 1.45. The van der Waals surface area contributed by atoms with Gasteiger partial charge in [0.2, 0.25) is 5.78 Å². The van der Waals surface area contributed by atoms with Crippen LogP contribution in [-0.4, -0.2) is 12.9 Å². The van der Waals surface area contributed by atoms with Gasteiger partial charge in [0.1, 0.15) is 12.4 Å². The van der Waals surface area contributed by atoms with E-state index in [-0.39, 0.29) is 17.1 Å². The topological polar surface area (TPSA) is 39.4 Å². The number of ether oxygens (including phenoxy) is 1. The molecule has 0 aliphatic heterocycles. The lowest BCUT2D eigenvalue weighted by Gasteiger charge is -2.24. The van der Waals surface area contributed by atoms with Gasteiger partial charge in [-0.2, -0.15) is 0 Å². The number of carbonyl (C=O) groups excluding carboxylic acids is 1. The van der Waals surface area contributed by atoms with Crippen LogP contribution in [-0.2, 0) is 11.3 Å². The number of methoxy groups -OCH3 is 1. The van der Waals surface area contributed by atoms with E-state index in [1.165, 1.54) is 0 Å². The first-order chi connectivity index (χ1) is 8.04. The number of hydrogen-bond acceptors (Lipinski definition) is 3. The van der Waals surface area contributed by atoms with Gasteiger partial charge >= 0.3 is 0 Å². The van der Waals surface area contributed by atoms with Crippen molar-refractivity contribution in [3.05, 3.63) is 23.7 Å². The van der Waals surface area contributed by atoms with Crippen LogP contribution in [0.15, 0.2) is 16.5 Å². The number of rotatable bonds is 4. The molecule has 1 aromatic rings. The third-order valence-corrected chi connectivity index (χ3v) is 3.76. The Hall–Kier alpha value is -1.09. The van der Waals surface area contributed by atoms with Gasteiger partial charge in [0.25, 0.3) is 0 Å². The zero-order valence-electron chi connectivity index (χ0n) is 10.8. The van der Waals surface area contributed by atoms with Crippen LogP contribution in [0.1, 0.15) is 49.4 Å². The van der Waals surface area contributed by atoms with Crippen molar-refractivity contribution < 1.29 is 13.9 Å². The lowest BCUT2D eigenvalue weighted by molar-refractivity contribution is 0.0801. The van der Waals surface area contributed by atoms with Crippen molar-refractivity contribution in [2.24, 2.45) is 11.3 Å². The summed E-state index contributed by atoms with van der Waals surface area (Å²) in [6, 6.07) is 3.59. The second-order valence-corrected chi connectivity index (χ2v) is 5.50. The van der Waals surface area contributed by atoms with Gasteiger partial charge in [-0.15, -0.1) is 0 Å². The molecule has 1 aromatic heterocycles. The first-order valence-corrected chi connectivity index (χ1v) is 6.16. The molecular formula is C14H20O3. The van der Waals surface area contributed by atoms with Crippen molar-refractivity contribution in [2.45, 2.75) is 39.7 Å². The molecular weight excluding hydrogens is 216 g/mol. The van der Waals surface area contributed by atoms with Crippen LogP contribution in [0, 0.1) is 11.3 Å². The van der Waals surface area contributed by atoms with Crippen LogP contribution in [0.2, 0.25) is 0 Å². The highest BCUT2D eigenvalue weighted by Crippen LogP contribution is 2.44. The van der Waals surface area contributed by atoms with Gasteiger partial charge in [-0.3, -0.25) is 4.79 Å². The quantitative estimate of drug-likeness (QED) is 0.752. The molecule has 0 radical (unpaired) electrons. The molecule has 1 fully saturated rings. The third-order valence-electron chi connectivity index (χ3n) is 3.76. The van der Waals surface area contributed by atoms with Crippen LogP contribution in [0.25, 0.3) is 0 Å². The van der Waals surface area contributed by atoms with Gasteiger partial charge in [0.05, 0.1) is 0 Å². The summed E-state index contributed by atoms with van der Waals surface area (Å²) in [5, 5.41) is 0. The van der Waals surface area contributed by atoms with Gasteiger partial charge in [-0.25, -0.2) is 0 Å². The normalized spacial score (nSPS) is 22.9. The lowest BCUT2D eigenvalue weighted by atomic mass is 9.79. The molecule has 1 saturated carbocycles. The molecule has 0 N–H and O–H groups in total. The average molecular weight is 236 g/mol. The van der Waals surface area contributed by atoms with Gasteiger partial charge < -0.3 is 9.15 Å². The van der Waals surface area contributed by atoms with Gasteiger partial charge in [-0.1, -0.05) is 20.3 Å². The summed E-state index contributed by atoms with van der Waals surface area (Å²) in [5.41, 5.74) is 0.102. The Balaban J connectivity index is 2.13. The highest BCUT2D eigenvalue weighted by Gasteiger charge is 2.40. The maximum absolute atomic E-state index is 12.3. The Kier molecular flexibility index (Phi) is 3.38. The predicted octanol–water partition coefficient (Wildman–Crippen LogP) is 3.44. The van der Waals surface area contributed by atoms with Crippen molar-refractivity contribution >= 4 is 5.78 Å². The zero-order chi connectivity index (χ0) is 12.5. The molecule has 0 saturated heterocycles. The standard InChI is InChI=1S/C14H20O3/c1-14(2)8-4-5-11(14)13(15)12-7-6-10(17-12)9-16-3/h6-7,11H,4-5,8-9H2,1-3H3. The SMILES string of the molecule is COCc1ccc(C(=O)C2CCCC2(C)C)o1. The predicted molar refractivity (Wildman–Crippen MR) is 64.9 cm³/mol. The summed E-state index contributed by atoms with van der Waals surface area (Å²) >= 11 is 0. The van der Waals surface area contributed by atoms with Crippen molar-refractivity contribution in [2.75, 3.05) is 7.11 Å². The monoisotopic (exact) mass is 236 g/mol. The summed E-state index contributed by atoms with van der Waals surface area (Å²) in [6.07, 6.45) is 3.23. The molecule has 0 bridgehead atoms. The number of Topliss-reactive ketones (excluding diaryl/α,β-unsaturated/α-hetero) is 1. The Morgan fingerprint density at radius 2 is 2.29 bits per heavy atom. The van der Waals surface area contributed by atoms with E-state index in [0.29, 0.717) is 18.1 Å². The Morgan fingerprint density at radius 1 is 1.53 bits per heavy atom. The van der Waals surface area contributed by atoms with Crippen LogP contribution in [0.4, 0.5) is 0 Å². The van der Waals surface area contributed by atoms with E-state index in [2.05, 4.69) is 13.8 Å². The lowest BCUT2D eigenvalue weighted by Crippen LogP contribution is -2.25. The molecule has 1 heterocycles. The fourth-order valence-corrected chi connectivity index (χ4v) is 2.71. The number of hydrogen-bond donors (Lipinski definition) is 0. The van der Waals surface area contributed by atoms with Crippen LogP contribution in [0.3, 0.4) is 0 Å². The second-order valence-electron chi connectivity index (χ2n) is 5.50. The summed E-state index contributed by atoms with van der Waals surface area (Å²) in [6.45, 7) is 4.75. The summed E-state index contributed by atoms with van der Waals surface area (Å²) < 4.78 is 10.5. The molecule has 1 unspecified atom stereocenters. The molecule has 0 aromatic carbocycles. The van der Waals surface area contributed by atoms with Crippen LogP contribution in [0.5, 0.6) is 0 Å². The van der Waals surface area contributed by atoms with Crippen LogP contribution >= 0.6 is 0 Å². The number of furan rings is 1. The second kappa shape index (κ2) is 4.65. The average Bonchev–Trinajstić information content (AvgIpc) is 2.84. The molecule has 3 nitrogen and oxygen atoms in total. The molecule has 94 valence electrons. The Labute approximate surface area is 102 Å². The van der Waals surface area contributed by atoms with E-state index in [4.69, 9.17) is 9.15 Å². The van der Waals surface area contributed by atoms with Crippen molar-refractivity contribution in [3.63, 3.8) is 0 Å². The highest BCUT2D eigenvalue weighted by atomic mass is 16.5. The van der Waals surface area contributed by atoms with Crippen LogP contribution < -0.4 is 0 Å². The zero-order valence-corrected chi connectivity index (χ0v) is 10.8. The van der Waals surface area contributed by atoms with E-state index in [0.717, 1.165) is 19.3 Å². The van der Waals surface area contributed by atoms with E-state index in [1.54, 1.807) is 13.2 Å². The minimum absolute atomic E-state index is 0.101. The van der Waals surface area contributed by atoms with Crippen molar-refractivity contribution in [1.82, 2.24) is 0 Å². The molecule has 1 atom stereocenters. The highest BCUT2D eigenvalue weighted by molar-refractivity contribution is 5.96. The first kappa shape index (κ1) is 12.4. The fraction of sp³-hybridized carbons (Fsp3) is 0.643. The molecule has 2 rings (SSSR count). The van der Waals surface area contributed by atoms with E-state index in [1.807, 2.05) is 6.07 Å². The fourth-order valence-electron chi connectivity index (χ4n) is 2.71. The molecule has 3 heteroatoms.